The molecule has 0 fully saturated rings. The summed E-state index contributed by atoms with van der Waals surface area (Å²) in [7, 11) is 1.60. The lowest BCUT2D eigenvalue weighted by molar-refractivity contribution is 0.393. The van der Waals surface area contributed by atoms with Crippen LogP contribution in [0, 0.1) is 13.8 Å². The highest BCUT2D eigenvalue weighted by atomic mass is 16.5. The van der Waals surface area contributed by atoms with E-state index >= 15 is 0 Å². The fourth-order valence-electron chi connectivity index (χ4n) is 1.76. The fourth-order valence-corrected chi connectivity index (χ4v) is 1.76. The maximum atomic E-state index is 5.77. The van der Waals surface area contributed by atoms with Gasteiger partial charge < -0.3 is 15.0 Å². The van der Waals surface area contributed by atoms with E-state index in [1.807, 2.05) is 32.0 Å². The average molecular weight is 218 g/mol. The van der Waals surface area contributed by atoms with Crippen LogP contribution in [0.3, 0.4) is 0 Å². The Morgan fingerprint density at radius 3 is 2.62 bits per heavy atom. The van der Waals surface area contributed by atoms with E-state index < -0.39 is 0 Å². The minimum absolute atomic E-state index is 0.623. The van der Waals surface area contributed by atoms with Crippen LogP contribution in [-0.4, -0.2) is 12.3 Å². The Labute approximate surface area is 94.0 Å². The summed E-state index contributed by atoms with van der Waals surface area (Å²) in [4.78, 5) is 0. The van der Waals surface area contributed by atoms with Crippen molar-refractivity contribution in [3.05, 3.63) is 29.7 Å². The second kappa shape index (κ2) is 3.89. The van der Waals surface area contributed by atoms with Crippen molar-refractivity contribution in [3.63, 3.8) is 0 Å². The third kappa shape index (κ3) is 1.62. The maximum absolute atomic E-state index is 5.77. The summed E-state index contributed by atoms with van der Waals surface area (Å²) in [6.07, 6.45) is 0. The van der Waals surface area contributed by atoms with Crippen LogP contribution >= 0.6 is 0 Å². The van der Waals surface area contributed by atoms with E-state index in [1.54, 1.807) is 7.11 Å². The zero-order chi connectivity index (χ0) is 11.7. The zero-order valence-electron chi connectivity index (χ0n) is 9.57. The van der Waals surface area contributed by atoms with E-state index in [2.05, 4.69) is 5.16 Å². The molecule has 0 spiro atoms. The number of nitrogen functional groups attached to an aromatic ring is 1. The highest BCUT2D eigenvalue weighted by Gasteiger charge is 2.12. The van der Waals surface area contributed by atoms with Crippen molar-refractivity contribution in [1.82, 2.24) is 5.16 Å². The van der Waals surface area contributed by atoms with E-state index in [4.69, 9.17) is 15.0 Å². The summed E-state index contributed by atoms with van der Waals surface area (Å²) in [5.74, 6) is 1.46. The van der Waals surface area contributed by atoms with Crippen LogP contribution in [-0.2, 0) is 0 Å². The minimum atomic E-state index is 0.623. The number of hydrogen-bond donors (Lipinski definition) is 1. The number of ether oxygens (including phenoxy) is 1. The Morgan fingerprint density at radius 2 is 2.06 bits per heavy atom. The quantitative estimate of drug-likeness (QED) is 0.787. The monoisotopic (exact) mass is 218 g/mol. The fraction of sp³-hybridized carbons (Fsp3) is 0.250. The standard InChI is InChI=1S/C12H14N2O2/c1-7-12(8(2)16-14-7)9-4-5-10(13)11(6-9)15-3/h4-6H,13H2,1-3H3. The molecular formula is C12H14N2O2. The lowest BCUT2D eigenvalue weighted by Crippen LogP contribution is -1.93. The van der Waals surface area contributed by atoms with Crippen LogP contribution in [0.5, 0.6) is 5.75 Å². The normalized spacial score (nSPS) is 10.4. The molecule has 0 aliphatic heterocycles. The second-order valence-corrected chi connectivity index (χ2v) is 3.66. The number of rotatable bonds is 2. The summed E-state index contributed by atoms with van der Waals surface area (Å²) >= 11 is 0. The first-order valence-corrected chi connectivity index (χ1v) is 5.00. The Bertz CT molecular complexity index is 498. The van der Waals surface area contributed by atoms with Gasteiger partial charge in [0.25, 0.3) is 0 Å². The van der Waals surface area contributed by atoms with Crippen LogP contribution in [0.2, 0.25) is 0 Å². The van der Waals surface area contributed by atoms with Crippen molar-refractivity contribution in [2.75, 3.05) is 12.8 Å². The largest absolute Gasteiger partial charge is 0.495 e. The third-order valence-electron chi connectivity index (χ3n) is 2.56. The van der Waals surface area contributed by atoms with Crippen LogP contribution < -0.4 is 10.5 Å². The van der Waals surface area contributed by atoms with Gasteiger partial charge in [0.1, 0.15) is 11.5 Å². The van der Waals surface area contributed by atoms with Crippen molar-refractivity contribution in [1.29, 1.82) is 0 Å². The molecular weight excluding hydrogens is 204 g/mol. The van der Waals surface area contributed by atoms with Gasteiger partial charge in [-0.3, -0.25) is 0 Å². The van der Waals surface area contributed by atoms with E-state index in [0.717, 1.165) is 22.6 Å². The Morgan fingerprint density at radius 1 is 1.31 bits per heavy atom. The topological polar surface area (TPSA) is 61.3 Å². The van der Waals surface area contributed by atoms with Gasteiger partial charge >= 0.3 is 0 Å². The van der Waals surface area contributed by atoms with E-state index in [-0.39, 0.29) is 0 Å². The molecule has 0 atom stereocenters. The Kier molecular flexibility index (Phi) is 2.56. The molecule has 2 N–H and O–H groups in total. The number of nitrogens with zero attached hydrogens (tertiary/aromatic N) is 1. The van der Waals surface area contributed by atoms with Gasteiger partial charge in [0.05, 0.1) is 18.5 Å². The van der Waals surface area contributed by atoms with Gasteiger partial charge in [-0.25, -0.2) is 0 Å². The third-order valence-corrected chi connectivity index (χ3v) is 2.56. The molecule has 0 radical (unpaired) electrons. The maximum Gasteiger partial charge on any atom is 0.142 e. The van der Waals surface area contributed by atoms with Crippen molar-refractivity contribution in [2.45, 2.75) is 13.8 Å². The van der Waals surface area contributed by atoms with Crippen LogP contribution in [0.1, 0.15) is 11.5 Å². The van der Waals surface area contributed by atoms with Crippen molar-refractivity contribution in [2.24, 2.45) is 0 Å². The van der Waals surface area contributed by atoms with E-state index in [9.17, 15) is 0 Å². The number of aryl methyl sites for hydroxylation is 2. The van der Waals surface area contributed by atoms with Gasteiger partial charge in [-0.15, -0.1) is 0 Å². The van der Waals surface area contributed by atoms with E-state index in [0.29, 0.717) is 11.4 Å². The molecule has 0 unspecified atom stereocenters. The second-order valence-electron chi connectivity index (χ2n) is 3.66. The molecule has 16 heavy (non-hydrogen) atoms. The molecule has 1 aromatic heterocycles. The number of anilines is 1. The molecule has 1 heterocycles. The molecule has 0 bridgehead atoms. The molecule has 4 nitrogen and oxygen atoms in total. The first-order chi connectivity index (χ1) is 7.63. The minimum Gasteiger partial charge on any atom is -0.495 e. The van der Waals surface area contributed by atoms with Crippen LogP contribution in [0.15, 0.2) is 22.7 Å². The molecule has 4 heteroatoms. The number of aromatic nitrogens is 1. The van der Waals surface area contributed by atoms with Gasteiger partial charge in [-0.1, -0.05) is 11.2 Å². The molecule has 0 aliphatic carbocycles. The predicted octanol–water partition coefficient (Wildman–Crippen LogP) is 2.55. The lowest BCUT2D eigenvalue weighted by Gasteiger charge is -2.07. The number of nitrogens with two attached hydrogens (primary N) is 1. The summed E-state index contributed by atoms with van der Waals surface area (Å²) in [5, 5.41) is 3.92. The Hall–Kier alpha value is -1.97. The van der Waals surface area contributed by atoms with Gasteiger partial charge in [-0.2, -0.15) is 0 Å². The molecule has 84 valence electrons. The molecule has 2 rings (SSSR count). The molecule has 2 aromatic rings. The summed E-state index contributed by atoms with van der Waals surface area (Å²) in [6.45, 7) is 3.80. The number of benzene rings is 1. The van der Waals surface area contributed by atoms with Gasteiger partial charge in [0, 0.05) is 5.56 Å². The molecule has 0 saturated heterocycles. The zero-order valence-corrected chi connectivity index (χ0v) is 9.57. The van der Waals surface area contributed by atoms with Gasteiger partial charge in [0.2, 0.25) is 0 Å². The smallest absolute Gasteiger partial charge is 0.142 e. The van der Waals surface area contributed by atoms with E-state index in [1.165, 1.54) is 0 Å². The van der Waals surface area contributed by atoms with Crippen molar-refractivity contribution >= 4 is 5.69 Å². The molecule has 0 amide bonds. The number of methoxy groups -OCH3 is 1. The SMILES string of the molecule is COc1cc(-c2c(C)noc2C)ccc1N. The summed E-state index contributed by atoms with van der Waals surface area (Å²) in [5.41, 5.74) is 9.25. The number of hydrogen-bond acceptors (Lipinski definition) is 4. The van der Waals surface area contributed by atoms with Gasteiger partial charge in [0.15, 0.2) is 0 Å². The van der Waals surface area contributed by atoms with Crippen molar-refractivity contribution < 1.29 is 9.26 Å². The van der Waals surface area contributed by atoms with Crippen LogP contribution in [0.25, 0.3) is 11.1 Å². The molecule has 0 saturated carbocycles. The average Bonchev–Trinajstić information content (AvgIpc) is 2.60. The van der Waals surface area contributed by atoms with Gasteiger partial charge in [-0.05, 0) is 31.5 Å². The first kappa shape index (κ1) is 10.5. The Balaban J connectivity index is 2.57. The predicted molar refractivity (Wildman–Crippen MR) is 62.4 cm³/mol. The summed E-state index contributed by atoms with van der Waals surface area (Å²) in [6, 6.07) is 5.65. The van der Waals surface area contributed by atoms with Crippen LogP contribution in [0.4, 0.5) is 5.69 Å². The molecule has 0 aliphatic rings. The highest BCUT2D eigenvalue weighted by molar-refractivity contribution is 5.72. The summed E-state index contributed by atoms with van der Waals surface area (Å²) < 4.78 is 10.3. The lowest BCUT2D eigenvalue weighted by atomic mass is 10.0. The highest BCUT2D eigenvalue weighted by Crippen LogP contribution is 2.32. The van der Waals surface area contributed by atoms with Crippen molar-refractivity contribution in [3.8, 4) is 16.9 Å². The first-order valence-electron chi connectivity index (χ1n) is 5.00. The molecule has 1 aromatic carbocycles.